The number of thiophene rings is 4. The number of hydrogen-bond acceptors (Lipinski definition) is 8. The first-order valence-electron chi connectivity index (χ1n) is 41.9. The fraction of sp³-hybridized carbons (Fsp3) is 0.353. The van der Waals surface area contributed by atoms with Crippen molar-refractivity contribution in [3.63, 3.8) is 0 Å². The molecule has 580 valence electrons. The van der Waals surface area contributed by atoms with Crippen molar-refractivity contribution < 1.29 is 19.8 Å². The lowest BCUT2D eigenvalue weighted by atomic mass is 9.70. The Hall–Kier alpha value is -9.46. The molecule has 0 aliphatic heterocycles. The van der Waals surface area contributed by atoms with Crippen molar-refractivity contribution in [1.29, 1.82) is 5.26 Å². The number of hydrogen-bond donors (Lipinski definition) is 2. The number of unbranched alkanes of at least 4 members (excludes halogenated alkanes) is 20. The molecule has 0 bridgehead atoms. The Balaban J connectivity index is 0.794. The molecule has 7 aromatic carbocycles. The summed E-state index contributed by atoms with van der Waals surface area (Å²) in [7, 11) is 0. The number of fused-ring (bicyclic) bond motifs is 8. The second kappa shape index (κ2) is 38.6. The number of nitrogens with zero attached hydrogens (tertiary/aromatic N) is 3. The van der Waals surface area contributed by atoms with E-state index < -0.39 is 11.9 Å². The van der Waals surface area contributed by atoms with Gasteiger partial charge in [0, 0.05) is 66.6 Å². The summed E-state index contributed by atoms with van der Waals surface area (Å²) in [5.74, 6) is -2.41. The van der Waals surface area contributed by atoms with Crippen LogP contribution >= 0.6 is 45.3 Å². The van der Waals surface area contributed by atoms with Gasteiger partial charge in [-0.1, -0.05) is 284 Å². The number of carbonyl (C=O) groups is 2. The minimum atomic E-state index is -1.21. The monoisotopic (exact) mass is 1570 g/mol. The molecule has 2 N–H and O–H groups in total. The van der Waals surface area contributed by atoms with Crippen LogP contribution in [0.5, 0.6) is 0 Å². The van der Waals surface area contributed by atoms with Crippen molar-refractivity contribution in [2.75, 3.05) is 4.90 Å². The van der Waals surface area contributed by atoms with E-state index >= 15 is 0 Å². The number of nitriles is 1. The highest BCUT2D eigenvalue weighted by atomic mass is 32.1. The largest absolute Gasteiger partial charge is 0.486 e. The molecule has 0 radical (unpaired) electrons. The van der Waals surface area contributed by atoms with Gasteiger partial charge < -0.3 is 15.1 Å². The van der Waals surface area contributed by atoms with E-state index in [2.05, 4.69) is 227 Å². The standard InChI is InChI=1S/C102H109N3O4S4/c1-8-12-16-20-24-28-54-101(55-29-25-21-17-13-9-2)89-59-72(35-47-85(89)87-49-39-76(64-91(87)101)95-52-45-83(110-95)63-78(69-103)99(106)107)33-43-81-61-74-37-41-79(66-97(74)112-81)105(94-51-32-70(5)58-71(94)6)80-42-38-75-62-82(113-98(75)67-80)44-34-73-36-48-86-88-50-40-77(96-53-46-84(111-96)68-93(104-7)100(108)109)65-92(88)102(90(86)60-73,56-30-26-22-18-14-10-3)57-31-27-23-19-15-11-4/h32-53,58-68H,8-31,54-57H2,1-6H3,(H,106,107)(H,108,109). The molecule has 4 heterocycles. The molecule has 4 aromatic heterocycles. The topological polar surface area (TPSA) is 106 Å². The van der Waals surface area contributed by atoms with Gasteiger partial charge >= 0.3 is 11.9 Å². The van der Waals surface area contributed by atoms with Gasteiger partial charge in [0.15, 0.2) is 0 Å². The lowest BCUT2D eigenvalue weighted by Crippen LogP contribution is -2.25. The predicted octanol–water partition coefficient (Wildman–Crippen LogP) is 31.9. The van der Waals surface area contributed by atoms with Gasteiger partial charge in [-0.2, -0.15) is 5.26 Å². The summed E-state index contributed by atoms with van der Waals surface area (Å²) in [6, 6.07) is 63.9. The quantitative estimate of drug-likeness (QED) is 0.0171. The first kappa shape index (κ1) is 81.6. The third-order valence-corrected chi connectivity index (χ3v) is 28.0. The Kier molecular flexibility index (Phi) is 27.8. The van der Waals surface area contributed by atoms with Crippen molar-refractivity contribution in [1.82, 2.24) is 0 Å². The molecule has 0 spiro atoms. The van der Waals surface area contributed by atoms with E-state index in [0.29, 0.717) is 0 Å². The lowest BCUT2D eigenvalue weighted by molar-refractivity contribution is -0.133. The highest BCUT2D eigenvalue weighted by molar-refractivity contribution is 7.20. The number of aliphatic carboxylic acids is 2. The number of benzene rings is 7. The zero-order valence-electron chi connectivity index (χ0n) is 67.0. The summed E-state index contributed by atoms with van der Waals surface area (Å²) in [4.78, 5) is 35.5. The minimum Gasteiger partial charge on any atom is -0.486 e. The SMILES string of the molecule is [C-]#[N+]C(=Cc1ccc(-c2ccc3c(c2)C(CCCCCCCC)(CCCCCCCC)c2cc(C=Cc4cc5ccc(N(c6ccc7cc(C=Cc8ccc9c(c8)C(CCCCCCCC)(CCCCCCCC)c8cc(-c%10ccc(C=C(C#N)C(=O)O)s%10)ccc8-9)sc7c6)c6ccc(C)cc6C)cc5s4)ccc2-3)s1)C(=O)O. The summed E-state index contributed by atoms with van der Waals surface area (Å²) >= 11 is 6.78. The van der Waals surface area contributed by atoms with E-state index in [1.807, 2.05) is 40.9 Å². The molecule has 11 aromatic rings. The van der Waals surface area contributed by atoms with Crippen molar-refractivity contribution in [2.45, 2.75) is 232 Å². The molecule has 0 fully saturated rings. The van der Waals surface area contributed by atoms with E-state index in [9.17, 15) is 25.1 Å². The maximum atomic E-state index is 11.9. The van der Waals surface area contributed by atoms with Crippen LogP contribution in [0, 0.1) is 31.8 Å². The van der Waals surface area contributed by atoms with Crippen molar-refractivity contribution in [2.24, 2.45) is 0 Å². The molecule has 0 atom stereocenters. The molecule has 2 aliphatic rings. The Morgan fingerprint density at radius 3 is 1.23 bits per heavy atom. The van der Waals surface area contributed by atoms with Gasteiger partial charge in [-0.3, -0.25) is 4.79 Å². The number of carboxylic acids is 2. The van der Waals surface area contributed by atoms with Gasteiger partial charge in [0.05, 0.1) is 6.57 Å². The molecular weight excluding hydrogens is 1460 g/mol. The third-order valence-electron chi connectivity index (χ3n) is 23.7. The minimum absolute atomic E-state index is 0.150. The van der Waals surface area contributed by atoms with Crippen molar-refractivity contribution in [3.05, 3.63) is 250 Å². The Bertz CT molecular complexity index is 5080. The fourth-order valence-electron chi connectivity index (χ4n) is 17.8. The lowest BCUT2D eigenvalue weighted by Gasteiger charge is -2.33. The summed E-state index contributed by atoms with van der Waals surface area (Å²) in [5.41, 5.74) is 20.8. The summed E-state index contributed by atoms with van der Waals surface area (Å²) in [6.45, 7) is 21.1. The van der Waals surface area contributed by atoms with Gasteiger partial charge in [-0.25, -0.2) is 9.64 Å². The number of rotatable bonds is 41. The summed E-state index contributed by atoms with van der Waals surface area (Å²) in [6.07, 6.45) is 46.5. The van der Waals surface area contributed by atoms with Gasteiger partial charge in [-0.05, 0) is 226 Å². The highest BCUT2D eigenvalue weighted by Gasteiger charge is 2.44. The van der Waals surface area contributed by atoms with Gasteiger partial charge in [0.1, 0.15) is 11.6 Å². The van der Waals surface area contributed by atoms with Crippen molar-refractivity contribution >= 4 is 131 Å². The van der Waals surface area contributed by atoms with Crippen LogP contribution in [0.25, 0.3) is 105 Å². The van der Waals surface area contributed by atoms with Gasteiger partial charge in [0.2, 0.25) is 0 Å². The first-order chi connectivity index (χ1) is 55.2. The average Bonchev–Trinajstić information content (AvgIpc) is 1.57. The van der Waals surface area contributed by atoms with E-state index in [1.54, 1.807) is 11.3 Å². The smallest absolute Gasteiger partial charge is 0.346 e. The number of anilines is 3. The van der Waals surface area contributed by atoms with Crippen LogP contribution in [0.15, 0.2) is 175 Å². The highest BCUT2D eigenvalue weighted by Crippen LogP contribution is 2.58. The molecule has 2 aliphatic carbocycles. The van der Waals surface area contributed by atoms with E-state index in [4.69, 9.17) is 6.57 Å². The van der Waals surface area contributed by atoms with Crippen LogP contribution in [0.2, 0.25) is 0 Å². The van der Waals surface area contributed by atoms with Crippen LogP contribution in [-0.2, 0) is 20.4 Å². The Morgan fingerprint density at radius 1 is 0.425 bits per heavy atom. The fourth-order valence-corrected chi connectivity index (χ4v) is 21.7. The van der Waals surface area contributed by atoms with E-state index in [1.165, 1.54) is 274 Å². The second-order valence-corrected chi connectivity index (χ2v) is 36.2. The maximum absolute atomic E-state index is 11.9. The summed E-state index contributed by atoms with van der Waals surface area (Å²) < 4.78 is 2.47. The van der Waals surface area contributed by atoms with Crippen LogP contribution in [0.3, 0.4) is 0 Å². The van der Waals surface area contributed by atoms with Gasteiger partial charge in [0.25, 0.3) is 5.70 Å². The normalized spacial score (nSPS) is 13.5. The molecule has 0 amide bonds. The molecule has 113 heavy (non-hydrogen) atoms. The average molecular weight is 1570 g/mol. The van der Waals surface area contributed by atoms with E-state index in [-0.39, 0.29) is 22.1 Å². The van der Waals surface area contributed by atoms with E-state index in [0.717, 1.165) is 73.4 Å². The Labute approximate surface area is 687 Å². The predicted molar refractivity (Wildman–Crippen MR) is 487 cm³/mol. The zero-order chi connectivity index (χ0) is 78.9. The molecule has 13 rings (SSSR count). The number of carboxylic acid groups (broad SMARTS) is 2. The van der Waals surface area contributed by atoms with Crippen LogP contribution in [0.1, 0.15) is 271 Å². The summed E-state index contributed by atoms with van der Waals surface area (Å²) in [5, 5.41) is 31.4. The second-order valence-electron chi connectivity index (χ2n) is 31.7. The molecular formula is C102H109N3O4S4. The molecule has 11 heteroatoms. The zero-order valence-corrected chi connectivity index (χ0v) is 70.3. The van der Waals surface area contributed by atoms with Crippen molar-refractivity contribution in [3.8, 4) is 49.2 Å². The molecule has 0 unspecified atom stereocenters. The molecule has 0 saturated heterocycles. The molecule has 0 saturated carbocycles. The first-order valence-corrected chi connectivity index (χ1v) is 45.2. The van der Waals surface area contributed by atoms with Crippen LogP contribution in [0.4, 0.5) is 17.1 Å². The Morgan fingerprint density at radius 2 is 0.832 bits per heavy atom. The van der Waals surface area contributed by atoms with Crippen LogP contribution < -0.4 is 4.90 Å². The maximum Gasteiger partial charge on any atom is 0.346 e. The van der Waals surface area contributed by atoms with Crippen LogP contribution in [-0.4, -0.2) is 22.2 Å². The number of aryl methyl sites for hydroxylation is 2. The van der Waals surface area contributed by atoms with Gasteiger partial charge in [-0.15, -0.1) is 45.3 Å². The molecule has 7 nitrogen and oxygen atoms in total. The third kappa shape index (κ3) is 19.0.